The first-order chi connectivity index (χ1) is 10.4. The van der Waals surface area contributed by atoms with E-state index in [0.717, 1.165) is 11.8 Å². The van der Waals surface area contributed by atoms with Crippen LogP contribution in [-0.4, -0.2) is 28.0 Å². The third-order valence-electron chi connectivity index (χ3n) is 3.56. The van der Waals surface area contributed by atoms with Crippen LogP contribution < -0.4 is 0 Å². The maximum Gasteiger partial charge on any atom is 0.416 e. The molecular weight excluding hydrogens is 291 g/mol. The lowest BCUT2D eigenvalue weighted by Gasteiger charge is -2.24. The van der Waals surface area contributed by atoms with E-state index < -0.39 is 11.7 Å². The minimum atomic E-state index is -4.31. The summed E-state index contributed by atoms with van der Waals surface area (Å²) in [7, 11) is 1.89. The van der Waals surface area contributed by atoms with Gasteiger partial charge in [-0.25, -0.2) is 0 Å². The van der Waals surface area contributed by atoms with Crippen molar-refractivity contribution in [3.63, 3.8) is 0 Å². The van der Waals surface area contributed by atoms with Crippen LogP contribution in [0.4, 0.5) is 13.2 Å². The van der Waals surface area contributed by atoms with Gasteiger partial charge in [-0.15, -0.1) is 0 Å². The molecule has 0 aliphatic carbocycles. The fraction of sp³-hybridized carbons (Fsp3) is 0.375. The molecular formula is C16H18F3N3. The van der Waals surface area contributed by atoms with Crippen molar-refractivity contribution in [1.29, 1.82) is 0 Å². The van der Waals surface area contributed by atoms with Gasteiger partial charge in [-0.3, -0.25) is 14.9 Å². The fourth-order valence-corrected chi connectivity index (χ4v) is 2.18. The van der Waals surface area contributed by atoms with Crippen LogP contribution in [0.2, 0.25) is 0 Å². The first-order valence-corrected chi connectivity index (χ1v) is 6.97. The summed E-state index contributed by atoms with van der Waals surface area (Å²) in [6.45, 7) is 2.47. The van der Waals surface area contributed by atoms with Crippen molar-refractivity contribution >= 4 is 0 Å². The van der Waals surface area contributed by atoms with Gasteiger partial charge in [0.2, 0.25) is 0 Å². The molecule has 0 N–H and O–H groups in total. The van der Waals surface area contributed by atoms with Crippen molar-refractivity contribution < 1.29 is 13.2 Å². The molecule has 3 nitrogen and oxygen atoms in total. The molecule has 6 heteroatoms. The van der Waals surface area contributed by atoms with E-state index in [0.29, 0.717) is 18.5 Å². The molecule has 0 fully saturated rings. The van der Waals surface area contributed by atoms with E-state index in [9.17, 15) is 13.2 Å². The van der Waals surface area contributed by atoms with Crippen LogP contribution in [0.15, 0.2) is 42.9 Å². The van der Waals surface area contributed by atoms with Crippen LogP contribution in [0.5, 0.6) is 0 Å². The van der Waals surface area contributed by atoms with Crippen LogP contribution in [-0.2, 0) is 19.1 Å². The lowest BCUT2D eigenvalue weighted by Crippen LogP contribution is -2.30. The Morgan fingerprint density at radius 2 is 2.00 bits per heavy atom. The number of likely N-dealkylation sites (N-methyl/N-ethyl adjacent to an activating group) is 1. The average Bonchev–Trinajstić information content (AvgIpc) is 2.47. The van der Waals surface area contributed by atoms with Gasteiger partial charge in [-0.2, -0.15) is 13.2 Å². The van der Waals surface area contributed by atoms with Gasteiger partial charge in [0.25, 0.3) is 0 Å². The third-order valence-corrected chi connectivity index (χ3v) is 3.56. The normalized spacial score (nSPS) is 13.4. The smallest absolute Gasteiger partial charge is 0.299 e. The summed E-state index contributed by atoms with van der Waals surface area (Å²) < 4.78 is 38.2. The van der Waals surface area contributed by atoms with E-state index in [1.54, 1.807) is 24.7 Å². The Labute approximate surface area is 127 Å². The molecule has 1 aromatic carbocycles. The van der Waals surface area contributed by atoms with Crippen molar-refractivity contribution in [1.82, 2.24) is 14.9 Å². The molecule has 0 amide bonds. The Morgan fingerprint density at radius 3 is 2.64 bits per heavy atom. The van der Waals surface area contributed by atoms with Crippen LogP contribution in [0.3, 0.4) is 0 Å². The highest BCUT2D eigenvalue weighted by Crippen LogP contribution is 2.29. The summed E-state index contributed by atoms with van der Waals surface area (Å²) in [6, 6.07) is 5.59. The molecule has 1 aromatic heterocycles. The summed E-state index contributed by atoms with van der Waals surface area (Å²) in [4.78, 5) is 10.2. The molecule has 1 atom stereocenters. The van der Waals surface area contributed by atoms with Gasteiger partial charge in [0, 0.05) is 37.6 Å². The fourth-order valence-electron chi connectivity index (χ4n) is 2.18. The van der Waals surface area contributed by atoms with Gasteiger partial charge in [-0.1, -0.05) is 18.2 Å². The average molecular weight is 309 g/mol. The van der Waals surface area contributed by atoms with Crippen LogP contribution in [0, 0.1) is 0 Å². The number of halogens is 3. The Bertz CT molecular complexity index is 599. The standard InChI is InChI=1S/C16H18F3N3/c1-12(8-15-10-20-6-7-21-15)22(2)11-13-4-3-5-14(9-13)16(17,18)19/h3-7,9-10,12H,8,11H2,1-2H3. The van der Waals surface area contributed by atoms with Gasteiger partial charge >= 0.3 is 6.18 Å². The summed E-state index contributed by atoms with van der Waals surface area (Å²) in [6.07, 6.45) is 1.34. The molecule has 0 radical (unpaired) electrons. The minimum absolute atomic E-state index is 0.145. The Kier molecular flexibility index (Phi) is 5.13. The van der Waals surface area contributed by atoms with Crippen LogP contribution >= 0.6 is 0 Å². The largest absolute Gasteiger partial charge is 0.416 e. The predicted octanol–water partition coefficient (Wildman–Crippen LogP) is 3.56. The zero-order valence-electron chi connectivity index (χ0n) is 12.5. The van der Waals surface area contributed by atoms with Gasteiger partial charge in [0.05, 0.1) is 11.3 Å². The van der Waals surface area contributed by atoms with E-state index in [1.165, 1.54) is 12.1 Å². The second kappa shape index (κ2) is 6.87. The predicted molar refractivity (Wildman–Crippen MR) is 78.1 cm³/mol. The van der Waals surface area contributed by atoms with E-state index in [2.05, 4.69) is 9.97 Å². The van der Waals surface area contributed by atoms with Crippen LogP contribution in [0.25, 0.3) is 0 Å². The van der Waals surface area contributed by atoms with E-state index in [4.69, 9.17) is 0 Å². The molecule has 2 aromatic rings. The molecule has 0 spiro atoms. The van der Waals surface area contributed by atoms with E-state index in [1.807, 2.05) is 18.9 Å². The van der Waals surface area contributed by atoms with Gasteiger partial charge < -0.3 is 0 Å². The highest BCUT2D eigenvalue weighted by molar-refractivity contribution is 5.25. The number of hydrogen-bond acceptors (Lipinski definition) is 3. The van der Waals surface area contributed by atoms with Crippen LogP contribution in [0.1, 0.15) is 23.7 Å². The van der Waals surface area contributed by atoms with Gasteiger partial charge in [-0.05, 0) is 25.6 Å². The summed E-state index contributed by atoms with van der Waals surface area (Å²) in [5.41, 5.74) is 0.897. The van der Waals surface area contributed by atoms with Gasteiger partial charge in [0.15, 0.2) is 0 Å². The SMILES string of the molecule is CC(Cc1cnccn1)N(C)Cc1cccc(C(F)(F)F)c1. The third kappa shape index (κ3) is 4.53. The zero-order valence-corrected chi connectivity index (χ0v) is 12.5. The molecule has 0 saturated heterocycles. The molecule has 118 valence electrons. The zero-order chi connectivity index (χ0) is 16.2. The first kappa shape index (κ1) is 16.4. The molecule has 22 heavy (non-hydrogen) atoms. The van der Waals surface area contributed by atoms with Crippen molar-refractivity contribution in [2.45, 2.75) is 32.1 Å². The first-order valence-electron chi connectivity index (χ1n) is 6.97. The minimum Gasteiger partial charge on any atom is -0.299 e. The van der Waals surface area contributed by atoms with Crippen molar-refractivity contribution in [3.8, 4) is 0 Å². The highest BCUT2D eigenvalue weighted by Gasteiger charge is 2.30. The number of nitrogens with zero attached hydrogens (tertiary/aromatic N) is 3. The molecule has 0 aliphatic heterocycles. The second-order valence-corrected chi connectivity index (χ2v) is 5.36. The number of benzene rings is 1. The lowest BCUT2D eigenvalue weighted by atomic mass is 10.1. The molecule has 1 heterocycles. The number of alkyl halides is 3. The maximum atomic E-state index is 12.7. The van der Waals surface area contributed by atoms with Gasteiger partial charge in [0.1, 0.15) is 0 Å². The Morgan fingerprint density at radius 1 is 1.23 bits per heavy atom. The Balaban J connectivity index is 2.01. The number of hydrogen-bond donors (Lipinski definition) is 0. The lowest BCUT2D eigenvalue weighted by molar-refractivity contribution is -0.137. The quantitative estimate of drug-likeness (QED) is 0.845. The summed E-state index contributed by atoms with van der Waals surface area (Å²) in [5.74, 6) is 0. The topological polar surface area (TPSA) is 29.0 Å². The van der Waals surface area contributed by atoms with Crippen molar-refractivity contribution in [2.75, 3.05) is 7.05 Å². The molecule has 0 bridgehead atoms. The molecule has 0 saturated carbocycles. The summed E-state index contributed by atoms with van der Waals surface area (Å²) >= 11 is 0. The molecule has 0 aliphatic rings. The molecule has 1 unspecified atom stereocenters. The van der Waals surface area contributed by atoms with E-state index in [-0.39, 0.29) is 6.04 Å². The Hall–Kier alpha value is -1.95. The molecule has 2 rings (SSSR count). The number of aromatic nitrogens is 2. The maximum absolute atomic E-state index is 12.7. The second-order valence-electron chi connectivity index (χ2n) is 5.36. The monoisotopic (exact) mass is 309 g/mol. The number of rotatable bonds is 5. The summed E-state index contributed by atoms with van der Waals surface area (Å²) in [5, 5.41) is 0. The van der Waals surface area contributed by atoms with Crippen molar-refractivity contribution in [2.24, 2.45) is 0 Å². The van der Waals surface area contributed by atoms with Crippen molar-refractivity contribution in [3.05, 3.63) is 59.7 Å². The highest BCUT2D eigenvalue weighted by atomic mass is 19.4. The van der Waals surface area contributed by atoms with E-state index >= 15 is 0 Å².